The van der Waals surface area contributed by atoms with Gasteiger partial charge in [0, 0.05) is 36.2 Å². The molecule has 3 unspecified atom stereocenters. The van der Waals surface area contributed by atoms with Gasteiger partial charge in [-0.05, 0) is 25.0 Å². The zero-order valence-corrected chi connectivity index (χ0v) is 13.1. The van der Waals surface area contributed by atoms with Crippen LogP contribution in [0.3, 0.4) is 0 Å². The van der Waals surface area contributed by atoms with E-state index in [1.54, 1.807) is 12.1 Å². The van der Waals surface area contributed by atoms with E-state index in [1.807, 2.05) is 4.90 Å². The number of hydrogen-bond acceptors (Lipinski definition) is 4. The number of carbonyl (C=O) groups excluding carboxylic acids is 1. The number of fused-ring (bicyclic) bond motifs is 3. The fraction of sp³-hybridized carbons (Fsp3) is 0.562. The number of Topliss-reactive ketones (excluding diaryl/α,β-unsaturated/α-hetero) is 1. The molecule has 4 rings (SSSR count). The zero-order chi connectivity index (χ0) is 15.9. The predicted molar refractivity (Wildman–Crippen MR) is 80.3 cm³/mol. The summed E-state index contributed by atoms with van der Waals surface area (Å²) >= 11 is 5.82. The van der Waals surface area contributed by atoms with Crippen molar-refractivity contribution in [2.75, 3.05) is 26.9 Å². The van der Waals surface area contributed by atoms with Gasteiger partial charge in [0.05, 0.1) is 13.2 Å². The molecule has 3 saturated heterocycles. The van der Waals surface area contributed by atoms with Gasteiger partial charge in [-0.15, -0.1) is 0 Å². The lowest BCUT2D eigenvalue weighted by Gasteiger charge is -2.55. The monoisotopic (exact) mass is 327 g/mol. The Labute approximate surface area is 133 Å². The summed E-state index contributed by atoms with van der Waals surface area (Å²) in [5, 5.41) is 10.2. The summed E-state index contributed by atoms with van der Waals surface area (Å²) in [5.41, 5.74) is -0.539. The highest BCUT2D eigenvalue weighted by Crippen LogP contribution is 2.47. The maximum absolute atomic E-state index is 14.3. The molecule has 4 nitrogen and oxygen atoms in total. The van der Waals surface area contributed by atoms with Crippen LogP contribution < -0.4 is 0 Å². The van der Waals surface area contributed by atoms with Crippen molar-refractivity contribution in [3.63, 3.8) is 0 Å². The largest absolute Gasteiger partial charge is 0.394 e. The zero-order valence-electron chi connectivity index (χ0n) is 12.4. The van der Waals surface area contributed by atoms with Crippen LogP contribution in [0, 0.1) is 11.7 Å². The Kier molecular flexibility index (Phi) is 4.25. The van der Waals surface area contributed by atoms with E-state index in [4.69, 9.17) is 16.3 Å². The number of benzene rings is 1. The first-order valence-electron chi connectivity index (χ1n) is 7.39. The summed E-state index contributed by atoms with van der Waals surface area (Å²) in [4.78, 5) is 14.6. The van der Waals surface area contributed by atoms with E-state index in [0.29, 0.717) is 23.6 Å². The third-order valence-electron chi connectivity index (χ3n) is 4.95. The fourth-order valence-corrected chi connectivity index (χ4v) is 4.07. The standard InChI is InChI=1S/C16H19ClFNO3/c1-22-9-16(8-20)15(21)10-4-5-19(16)14(6-10)12-3-2-11(17)7-13(12)18/h2-3,7,10,14,20H,4-6,8-9H2,1H3/t10?,14-,16?/m0/s1. The van der Waals surface area contributed by atoms with Crippen molar-refractivity contribution in [2.24, 2.45) is 5.92 Å². The van der Waals surface area contributed by atoms with Gasteiger partial charge < -0.3 is 9.84 Å². The van der Waals surface area contributed by atoms with E-state index in [0.717, 1.165) is 6.42 Å². The molecule has 4 atom stereocenters. The van der Waals surface area contributed by atoms with E-state index in [2.05, 4.69) is 0 Å². The van der Waals surface area contributed by atoms with E-state index in [9.17, 15) is 14.3 Å². The molecular formula is C16H19ClFNO3. The molecule has 0 amide bonds. The minimum atomic E-state index is -1.06. The normalized spacial score (nSPS) is 34.2. The number of piperidine rings is 3. The van der Waals surface area contributed by atoms with Crippen LogP contribution in [-0.2, 0) is 9.53 Å². The van der Waals surface area contributed by atoms with Crippen molar-refractivity contribution < 1.29 is 19.0 Å². The summed E-state index contributed by atoms with van der Waals surface area (Å²) in [7, 11) is 1.51. The Hall–Kier alpha value is -1.01. The first kappa shape index (κ1) is 15.9. The highest BCUT2D eigenvalue weighted by atomic mass is 35.5. The predicted octanol–water partition coefficient (Wildman–Crippen LogP) is 2.19. The number of carbonyl (C=O) groups is 1. The van der Waals surface area contributed by atoms with Crippen LogP contribution >= 0.6 is 11.6 Å². The van der Waals surface area contributed by atoms with E-state index < -0.39 is 5.54 Å². The SMILES string of the molecule is COCC1(CO)C(=O)C2CCN1[C@H](c1ccc(Cl)cc1F)C2. The third-order valence-corrected chi connectivity index (χ3v) is 5.18. The minimum absolute atomic E-state index is 0.00808. The van der Waals surface area contributed by atoms with E-state index in [1.165, 1.54) is 13.2 Å². The number of rotatable bonds is 4. The van der Waals surface area contributed by atoms with Crippen LogP contribution in [-0.4, -0.2) is 48.2 Å². The van der Waals surface area contributed by atoms with Crippen LogP contribution in [0.1, 0.15) is 24.4 Å². The Balaban J connectivity index is 2.02. The highest BCUT2D eigenvalue weighted by molar-refractivity contribution is 6.30. The number of hydrogen-bond donors (Lipinski definition) is 1. The molecule has 3 aliphatic heterocycles. The van der Waals surface area contributed by atoms with Crippen molar-refractivity contribution in [2.45, 2.75) is 24.4 Å². The van der Waals surface area contributed by atoms with Crippen LogP contribution in [0.4, 0.5) is 4.39 Å². The number of nitrogens with zero attached hydrogens (tertiary/aromatic N) is 1. The Morgan fingerprint density at radius 2 is 2.32 bits per heavy atom. The lowest BCUT2D eigenvalue weighted by atomic mass is 9.69. The molecule has 3 fully saturated rings. The lowest BCUT2D eigenvalue weighted by molar-refractivity contribution is -0.166. The number of aliphatic hydroxyl groups is 1. The van der Waals surface area contributed by atoms with Gasteiger partial charge in [0.15, 0.2) is 5.78 Å². The lowest BCUT2D eigenvalue weighted by Crippen LogP contribution is -2.69. The summed E-state index contributed by atoms with van der Waals surface area (Å²) in [6.07, 6.45) is 1.32. The molecule has 0 radical (unpaired) electrons. The summed E-state index contributed by atoms with van der Waals surface area (Å²) in [5.74, 6) is -0.525. The van der Waals surface area contributed by atoms with Gasteiger partial charge in [-0.25, -0.2) is 4.39 Å². The summed E-state index contributed by atoms with van der Waals surface area (Å²) < 4.78 is 19.5. The van der Waals surface area contributed by atoms with Gasteiger partial charge in [0.1, 0.15) is 11.4 Å². The number of aliphatic hydroxyl groups excluding tert-OH is 1. The number of methoxy groups -OCH3 is 1. The molecule has 3 aliphatic rings. The number of ether oxygens (including phenoxy) is 1. The quantitative estimate of drug-likeness (QED) is 0.921. The van der Waals surface area contributed by atoms with Gasteiger partial charge >= 0.3 is 0 Å². The van der Waals surface area contributed by atoms with E-state index >= 15 is 0 Å². The second-order valence-electron chi connectivity index (χ2n) is 6.08. The molecule has 6 heteroatoms. The molecule has 0 saturated carbocycles. The molecule has 0 spiro atoms. The maximum Gasteiger partial charge on any atom is 0.161 e. The van der Waals surface area contributed by atoms with Crippen molar-refractivity contribution >= 4 is 17.4 Å². The van der Waals surface area contributed by atoms with Crippen LogP contribution in [0.25, 0.3) is 0 Å². The second kappa shape index (κ2) is 5.89. The van der Waals surface area contributed by atoms with Gasteiger partial charge in [0.25, 0.3) is 0 Å². The number of ketones is 1. The molecule has 3 heterocycles. The van der Waals surface area contributed by atoms with Gasteiger partial charge in [-0.2, -0.15) is 0 Å². The molecule has 22 heavy (non-hydrogen) atoms. The highest BCUT2D eigenvalue weighted by Gasteiger charge is 2.57. The topological polar surface area (TPSA) is 49.8 Å². The van der Waals surface area contributed by atoms with E-state index in [-0.39, 0.29) is 36.8 Å². The minimum Gasteiger partial charge on any atom is -0.394 e. The molecule has 0 aromatic heterocycles. The first-order chi connectivity index (χ1) is 10.5. The molecule has 1 aromatic rings. The van der Waals surface area contributed by atoms with Gasteiger partial charge in [-0.1, -0.05) is 17.7 Å². The molecule has 120 valence electrons. The first-order valence-corrected chi connectivity index (χ1v) is 7.77. The number of halogens is 2. The summed E-state index contributed by atoms with van der Waals surface area (Å²) in [6, 6.07) is 4.37. The smallest absolute Gasteiger partial charge is 0.161 e. The van der Waals surface area contributed by atoms with Gasteiger partial charge in [0.2, 0.25) is 0 Å². The Morgan fingerprint density at radius 1 is 1.55 bits per heavy atom. The van der Waals surface area contributed by atoms with Crippen molar-refractivity contribution in [3.8, 4) is 0 Å². The van der Waals surface area contributed by atoms with Crippen LogP contribution in [0.15, 0.2) is 18.2 Å². The molecule has 2 bridgehead atoms. The molecule has 1 N–H and O–H groups in total. The van der Waals surface area contributed by atoms with Gasteiger partial charge in [-0.3, -0.25) is 9.69 Å². The van der Waals surface area contributed by atoms with Crippen molar-refractivity contribution in [1.82, 2.24) is 4.90 Å². The third kappa shape index (κ3) is 2.27. The average Bonchev–Trinajstić information content (AvgIpc) is 2.51. The van der Waals surface area contributed by atoms with Crippen LogP contribution in [0.5, 0.6) is 0 Å². The second-order valence-corrected chi connectivity index (χ2v) is 6.52. The van der Waals surface area contributed by atoms with Crippen LogP contribution in [0.2, 0.25) is 5.02 Å². The molecule has 0 aliphatic carbocycles. The maximum atomic E-state index is 14.3. The molecule has 1 aromatic carbocycles. The van der Waals surface area contributed by atoms with Crippen molar-refractivity contribution in [3.05, 3.63) is 34.6 Å². The fourth-order valence-electron chi connectivity index (χ4n) is 3.91. The molecular weight excluding hydrogens is 309 g/mol. The summed E-state index contributed by atoms with van der Waals surface area (Å²) in [6.45, 7) is 0.444. The van der Waals surface area contributed by atoms with Crippen molar-refractivity contribution in [1.29, 1.82) is 0 Å². The Bertz CT molecular complexity index is 597. The Morgan fingerprint density at radius 3 is 2.95 bits per heavy atom. The average molecular weight is 328 g/mol.